The van der Waals surface area contributed by atoms with Crippen LogP contribution in [0.15, 0.2) is 66.3 Å². The number of hydrogen-bond acceptors (Lipinski definition) is 5. The first-order valence-electron chi connectivity index (χ1n) is 12.5. The van der Waals surface area contributed by atoms with Crippen molar-refractivity contribution in [1.82, 2.24) is 5.43 Å². The molecule has 210 valence electrons. The summed E-state index contributed by atoms with van der Waals surface area (Å²) in [6, 6.07) is 14.1. The third-order valence-electron chi connectivity index (χ3n) is 5.64. The van der Waals surface area contributed by atoms with Crippen LogP contribution in [0.5, 0.6) is 11.5 Å². The largest absolute Gasteiger partial charge is 0.490 e. The number of carbonyl (C=O) groups excluding carboxylic acids is 2. The molecule has 0 aliphatic carbocycles. The highest BCUT2D eigenvalue weighted by Gasteiger charge is 2.14. The summed E-state index contributed by atoms with van der Waals surface area (Å²) >= 11 is 18.4. The van der Waals surface area contributed by atoms with Gasteiger partial charge in [0.1, 0.15) is 6.61 Å². The second-order valence-corrected chi connectivity index (χ2v) is 10.0. The molecular formula is C30H30Cl3N3O4. The number of hydrazone groups is 1. The van der Waals surface area contributed by atoms with Crippen LogP contribution in [0.2, 0.25) is 15.1 Å². The van der Waals surface area contributed by atoms with Gasteiger partial charge in [0, 0.05) is 44.7 Å². The lowest BCUT2D eigenvalue weighted by atomic mass is 10.1. The van der Waals surface area contributed by atoms with E-state index >= 15 is 0 Å². The van der Waals surface area contributed by atoms with Gasteiger partial charge in [0.2, 0.25) is 11.8 Å². The molecule has 0 spiro atoms. The minimum atomic E-state index is -0.399. The Kier molecular flexibility index (Phi) is 11.9. The predicted octanol–water partition coefficient (Wildman–Crippen LogP) is 7.53. The molecule has 0 radical (unpaired) electrons. The molecule has 0 aliphatic heterocycles. The highest BCUT2D eigenvalue weighted by Crippen LogP contribution is 2.35. The number of aryl methyl sites for hydroxylation is 1. The first-order valence-corrected chi connectivity index (χ1v) is 13.7. The lowest BCUT2D eigenvalue weighted by Gasteiger charge is -2.17. The highest BCUT2D eigenvalue weighted by molar-refractivity contribution is 6.35. The quantitative estimate of drug-likeness (QED) is 0.120. The summed E-state index contributed by atoms with van der Waals surface area (Å²) in [6.45, 7) is 8.22. The number of ether oxygens (including phenoxy) is 2. The highest BCUT2D eigenvalue weighted by atomic mass is 35.5. The van der Waals surface area contributed by atoms with Gasteiger partial charge in [-0.2, -0.15) is 5.10 Å². The maximum atomic E-state index is 12.2. The number of rotatable bonds is 13. The van der Waals surface area contributed by atoms with Crippen molar-refractivity contribution in [2.24, 2.45) is 5.10 Å². The molecule has 3 rings (SSSR count). The first kappa shape index (κ1) is 31.0. The molecule has 2 amide bonds. The van der Waals surface area contributed by atoms with Crippen molar-refractivity contribution in [2.75, 3.05) is 11.9 Å². The van der Waals surface area contributed by atoms with Gasteiger partial charge in [-0.25, -0.2) is 5.43 Å². The molecule has 0 saturated carbocycles. The number of hydrogen-bond donors (Lipinski definition) is 2. The van der Waals surface area contributed by atoms with Crippen molar-refractivity contribution in [2.45, 2.75) is 39.7 Å². The van der Waals surface area contributed by atoms with Crippen molar-refractivity contribution in [1.29, 1.82) is 0 Å². The van der Waals surface area contributed by atoms with Gasteiger partial charge in [0.05, 0.1) is 12.8 Å². The van der Waals surface area contributed by atoms with Crippen LogP contribution in [-0.4, -0.2) is 24.6 Å². The van der Waals surface area contributed by atoms with Crippen molar-refractivity contribution in [3.8, 4) is 11.5 Å². The normalized spacial score (nSPS) is 10.8. The Bertz CT molecular complexity index is 1410. The average Bonchev–Trinajstić information content (AvgIpc) is 2.90. The van der Waals surface area contributed by atoms with E-state index in [9.17, 15) is 9.59 Å². The summed E-state index contributed by atoms with van der Waals surface area (Å²) in [7, 11) is 0. The number of benzene rings is 3. The second kappa shape index (κ2) is 15.3. The van der Waals surface area contributed by atoms with E-state index in [1.807, 2.05) is 32.0 Å². The minimum absolute atomic E-state index is 0.00546. The minimum Gasteiger partial charge on any atom is -0.490 e. The van der Waals surface area contributed by atoms with E-state index in [-0.39, 0.29) is 25.4 Å². The molecule has 40 heavy (non-hydrogen) atoms. The molecule has 0 saturated heterocycles. The van der Waals surface area contributed by atoms with Gasteiger partial charge in [-0.1, -0.05) is 53.0 Å². The zero-order chi connectivity index (χ0) is 29.1. The number of anilines is 1. The molecule has 3 aromatic carbocycles. The van der Waals surface area contributed by atoms with E-state index in [1.165, 1.54) is 6.21 Å². The Hall–Kier alpha value is -3.52. The van der Waals surface area contributed by atoms with Crippen LogP contribution in [0.25, 0.3) is 0 Å². The van der Waals surface area contributed by atoms with Crippen LogP contribution < -0.4 is 20.2 Å². The lowest BCUT2D eigenvalue weighted by Crippen LogP contribution is -2.20. The van der Waals surface area contributed by atoms with Crippen LogP contribution in [0.3, 0.4) is 0 Å². The maximum Gasteiger partial charge on any atom is 0.240 e. The molecule has 0 bridgehead atoms. The topological polar surface area (TPSA) is 89.0 Å². The molecule has 0 heterocycles. The molecule has 0 unspecified atom stereocenters. The van der Waals surface area contributed by atoms with E-state index < -0.39 is 5.91 Å². The fourth-order valence-corrected chi connectivity index (χ4v) is 4.28. The Morgan fingerprint density at radius 1 is 0.950 bits per heavy atom. The van der Waals surface area contributed by atoms with Gasteiger partial charge < -0.3 is 14.8 Å². The Balaban J connectivity index is 1.63. The van der Waals surface area contributed by atoms with Gasteiger partial charge in [0.25, 0.3) is 0 Å². The van der Waals surface area contributed by atoms with E-state index in [0.29, 0.717) is 50.8 Å². The average molecular weight is 603 g/mol. The molecule has 0 aliphatic rings. The van der Waals surface area contributed by atoms with E-state index in [0.717, 1.165) is 16.7 Å². The van der Waals surface area contributed by atoms with Gasteiger partial charge in [-0.3, -0.25) is 9.59 Å². The van der Waals surface area contributed by atoms with Gasteiger partial charge in [-0.15, -0.1) is 6.58 Å². The van der Waals surface area contributed by atoms with Crippen LogP contribution in [0.4, 0.5) is 5.69 Å². The standard InChI is InChI=1S/C30H30Cl3N3O4/c1-4-6-21-13-20(14-27(39-5-2)30(21)40-18-22-8-9-23(31)15-26(22)33)17-34-36-29(38)12-11-28(37)35-24-10-7-19(3)25(32)16-24/h4,7-10,13-17H,1,5-6,11-12,18H2,2-3H3,(H,35,37)(H,36,38). The third kappa shape index (κ3) is 9.30. The molecule has 10 heteroatoms. The lowest BCUT2D eigenvalue weighted by molar-refractivity contribution is -0.124. The summed E-state index contributed by atoms with van der Waals surface area (Å²) < 4.78 is 12.0. The smallest absolute Gasteiger partial charge is 0.240 e. The molecule has 0 aromatic heterocycles. The van der Waals surface area contributed by atoms with Crippen LogP contribution in [-0.2, 0) is 22.6 Å². The summed E-state index contributed by atoms with van der Waals surface area (Å²) in [5.74, 6) is 0.386. The van der Waals surface area contributed by atoms with E-state index in [1.54, 1.807) is 36.4 Å². The molecule has 3 aromatic rings. The number of carbonyl (C=O) groups is 2. The Morgan fingerprint density at radius 3 is 2.42 bits per heavy atom. The zero-order valence-corrected chi connectivity index (χ0v) is 24.5. The van der Waals surface area contributed by atoms with Crippen LogP contribution in [0, 0.1) is 6.92 Å². The molecule has 0 atom stereocenters. The third-order valence-corrected chi connectivity index (χ3v) is 6.64. The molecular weight excluding hydrogens is 573 g/mol. The first-order chi connectivity index (χ1) is 19.2. The van der Waals surface area contributed by atoms with Crippen molar-refractivity contribution >= 4 is 58.5 Å². The summed E-state index contributed by atoms with van der Waals surface area (Å²) in [5.41, 5.74) is 6.23. The summed E-state index contributed by atoms with van der Waals surface area (Å²) in [6.07, 6.45) is 3.73. The number of allylic oxidation sites excluding steroid dienone is 1. The zero-order valence-electron chi connectivity index (χ0n) is 22.2. The van der Waals surface area contributed by atoms with Gasteiger partial charge in [0.15, 0.2) is 11.5 Å². The van der Waals surface area contributed by atoms with Gasteiger partial charge >= 0.3 is 0 Å². The SMILES string of the molecule is C=CCc1cc(C=NNC(=O)CCC(=O)Nc2ccc(C)c(Cl)c2)cc(OCC)c1OCc1ccc(Cl)cc1Cl. The number of halogens is 3. The maximum absolute atomic E-state index is 12.2. The Morgan fingerprint density at radius 2 is 1.73 bits per heavy atom. The fraction of sp³-hybridized carbons (Fsp3) is 0.233. The monoisotopic (exact) mass is 601 g/mol. The second-order valence-electron chi connectivity index (χ2n) is 8.76. The van der Waals surface area contributed by atoms with Crippen LogP contribution >= 0.6 is 34.8 Å². The Labute approximate surface area is 249 Å². The van der Waals surface area contributed by atoms with Gasteiger partial charge in [-0.05, 0) is 67.8 Å². The summed E-state index contributed by atoms with van der Waals surface area (Å²) in [4.78, 5) is 24.4. The molecule has 0 fully saturated rings. The van der Waals surface area contributed by atoms with Crippen molar-refractivity contribution < 1.29 is 19.1 Å². The molecule has 2 N–H and O–H groups in total. The predicted molar refractivity (Wildman–Crippen MR) is 162 cm³/mol. The number of amides is 2. The van der Waals surface area contributed by atoms with E-state index in [2.05, 4.69) is 22.4 Å². The number of nitrogens with one attached hydrogen (secondary N) is 2. The molecule has 7 nitrogen and oxygen atoms in total. The summed E-state index contributed by atoms with van der Waals surface area (Å²) in [5, 5.41) is 8.38. The van der Waals surface area contributed by atoms with Crippen molar-refractivity contribution in [3.05, 3.63) is 98.5 Å². The van der Waals surface area contributed by atoms with Crippen LogP contribution in [0.1, 0.15) is 42.0 Å². The van der Waals surface area contributed by atoms with E-state index in [4.69, 9.17) is 44.3 Å². The van der Waals surface area contributed by atoms with Crippen molar-refractivity contribution in [3.63, 3.8) is 0 Å². The number of nitrogens with zero attached hydrogens (tertiary/aromatic N) is 1. The fourth-order valence-electron chi connectivity index (χ4n) is 3.64.